The van der Waals surface area contributed by atoms with Gasteiger partial charge in [0.1, 0.15) is 11.6 Å². The fourth-order valence-corrected chi connectivity index (χ4v) is 2.23. The molecule has 0 aliphatic carbocycles. The largest absolute Gasteiger partial charge is 0.494 e. The Balaban J connectivity index is 2.23. The minimum absolute atomic E-state index is 0.176. The quantitative estimate of drug-likeness (QED) is 0.848. The van der Waals surface area contributed by atoms with Crippen LogP contribution in [0, 0.1) is 5.82 Å². The van der Waals surface area contributed by atoms with Crippen LogP contribution >= 0.6 is 11.6 Å². The molecule has 0 aliphatic rings. The van der Waals surface area contributed by atoms with Crippen LogP contribution in [0.3, 0.4) is 0 Å². The normalized spacial score (nSPS) is 12.0. The van der Waals surface area contributed by atoms with Crippen LogP contribution in [0.1, 0.15) is 18.5 Å². The molecule has 3 N–H and O–H groups in total. The molecule has 3 nitrogen and oxygen atoms in total. The van der Waals surface area contributed by atoms with E-state index in [9.17, 15) is 4.39 Å². The molecule has 0 aliphatic heterocycles. The smallest absolute Gasteiger partial charge is 0.125 e. The summed E-state index contributed by atoms with van der Waals surface area (Å²) in [4.78, 5) is 0. The first kappa shape index (κ1) is 15.6. The first-order valence-electron chi connectivity index (χ1n) is 6.78. The Bertz CT molecular complexity index is 607. The topological polar surface area (TPSA) is 47.3 Å². The van der Waals surface area contributed by atoms with Crippen LogP contribution in [-0.2, 0) is 0 Å². The van der Waals surface area contributed by atoms with Crippen molar-refractivity contribution >= 4 is 17.3 Å². The number of nitrogens with one attached hydrogen (secondary N) is 1. The molecular weight excluding hydrogens is 291 g/mol. The Morgan fingerprint density at radius 1 is 1.29 bits per heavy atom. The van der Waals surface area contributed by atoms with Crippen molar-refractivity contribution in [3.05, 3.63) is 58.9 Å². The summed E-state index contributed by atoms with van der Waals surface area (Å²) in [6.07, 6.45) is 0. The maximum atomic E-state index is 13.3. The molecule has 0 spiro atoms. The lowest BCUT2D eigenvalue weighted by molar-refractivity contribution is 0.339. The molecule has 0 saturated heterocycles. The predicted molar refractivity (Wildman–Crippen MR) is 84.4 cm³/mol. The van der Waals surface area contributed by atoms with Crippen molar-refractivity contribution in [1.82, 2.24) is 0 Å². The van der Waals surface area contributed by atoms with Crippen LogP contribution in [0.15, 0.2) is 42.5 Å². The van der Waals surface area contributed by atoms with E-state index >= 15 is 0 Å². The van der Waals surface area contributed by atoms with E-state index in [1.807, 2.05) is 31.2 Å². The number of halogens is 2. The highest BCUT2D eigenvalue weighted by molar-refractivity contribution is 6.33. The first-order chi connectivity index (χ1) is 10.1. The Morgan fingerprint density at radius 2 is 2.10 bits per heavy atom. The molecule has 2 aromatic carbocycles. The van der Waals surface area contributed by atoms with Crippen LogP contribution in [0.5, 0.6) is 5.75 Å². The summed E-state index contributed by atoms with van der Waals surface area (Å²) in [6, 6.07) is 11.7. The SMILES string of the molecule is CCOc1cccc(C(CN)Nc2cc(F)ccc2Cl)c1. The van der Waals surface area contributed by atoms with Gasteiger partial charge in [0.25, 0.3) is 0 Å². The molecule has 2 aromatic rings. The second kappa shape index (κ2) is 7.29. The van der Waals surface area contributed by atoms with Crippen LogP contribution in [-0.4, -0.2) is 13.2 Å². The van der Waals surface area contributed by atoms with Gasteiger partial charge in [-0.2, -0.15) is 0 Å². The number of nitrogens with two attached hydrogens (primary N) is 1. The van der Waals surface area contributed by atoms with Gasteiger partial charge in [-0.15, -0.1) is 0 Å². The number of hydrogen-bond donors (Lipinski definition) is 2. The molecule has 1 unspecified atom stereocenters. The fraction of sp³-hybridized carbons (Fsp3) is 0.250. The van der Waals surface area contributed by atoms with Crippen molar-refractivity contribution < 1.29 is 9.13 Å². The minimum atomic E-state index is -0.347. The average molecular weight is 309 g/mol. The minimum Gasteiger partial charge on any atom is -0.494 e. The van der Waals surface area contributed by atoms with Crippen molar-refractivity contribution in [3.63, 3.8) is 0 Å². The second-order valence-electron chi connectivity index (χ2n) is 4.56. The zero-order valence-corrected chi connectivity index (χ0v) is 12.5. The third-order valence-electron chi connectivity index (χ3n) is 3.07. The number of benzene rings is 2. The second-order valence-corrected chi connectivity index (χ2v) is 4.97. The van der Waals surface area contributed by atoms with E-state index in [2.05, 4.69) is 5.32 Å². The third kappa shape index (κ3) is 4.09. The summed E-state index contributed by atoms with van der Waals surface area (Å²) in [7, 11) is 0. The van der Waals surface area contributed by atoms with E-state index in [0.717, 1.165) is 11.3 Å². The lowest BCUT2D eigenvalue weighted by Gasteiger charge is -2.20. The molecular formula is C16H18ClFN2O. The molecule has 21 heavy (non-hydrogen) atoms. The molecule has 0 amide bonds. The highest BCUT2D eigenvalue weighted by Crippen LogP contribution is 2.28. The van der Waals surface area contributed by atoms with E-state index in [-0.39, 0.29) is 11.9 Å². The summed E-state index contributed by atoms with van der Waals surface area (Å²) in [5, 5.41) is 3.63. The van der Waals surface area contributed by atoms with Crippen LogP contribution < -0.4 is 15.8 Å². The van der Waals surface area contributed by atoms with E-state index < -0.39 is 0 Å². The molecule has 0 radical (unpaired) electrons. The van der Waals surface area contributed by atoms with Gasteiger partial charge < -0.3 is 15.8 Å². The van der Waals surface area contributed by atoms with Gasteiger partial charge in [0, 0.05) is 6.54 Å². The molecule has 1 atom stereocenters. The highest BCUT2D eigenvalue weighted by Gasteiger charge is 2.12. The Labute approximate surface area is 128 Å². The Morgan fingerprint density at radius 3 is 2.81 bits per heavy atom. The highest BCUT2D eigenvalue weighted by atomic mass is 35.5. The summed E-state index contributed by atoms with van der Waals surface area (Å²) >= 11 is 6.07. The number of hydrogen-bond acceptors (Lipinski definition) is 3. The van der Waals surface area contributed by atoms with Gasteiger partial charge >= 0.3 is 0 Å². The zero-order valence-electron chi connectivity index (χ0n) is 11.8. The third-order valence-corrected chi connectivity index (χ3v) is 3.39. The first-order valence-corrected chi connectivity index (χ1v) is 7.16. The van der Waals surface area contributed by atoms with Gasteiger partial charge in [-0.1, -0.05) is 23.7 Å². The molecule has 2 rings (SSSR count). The van der Waals surface area contributed by atoms with Crippen LogP contribution in [0.25, 0.3) is 0 Å². The van der Waals surface area contributed by atoms with E-state index in [0.29, 0.717) is 23.9 Å². The predicted octanol–water partition coefficient (Wildman–Crippen LogP) is 3.99. The van der Waals surface area contributed by atoms with Crippen LogP contribution in [0.2, 0.25) is 5.02 Å². The standard InChI is InChI=1S/C16H18ClFN2O/c1-2-21-13-5-3-4-11(8-13)16(10-19)20-15-9-12(18)6-7-14(15)17/h3-9,16,20H,2,10,19H2,1H3. The summed E-state index contributed by atoms with van der Waals surface area (Å²) in [6.45, 7) is 2.88. The van der Waals surface area contributed by atoms with Gasteiger partial charge in [0.15, 0.2) is 0 Å². The number of rotatable bonds is 6. The molecule has 0 saturated carbocycles. The molecule has 5 heteroatoms. The monoisotopic (exact) mass is 308 g/mol. The lowest BCUT2D eigenvalue weighted by atomic mass is 10.1. The van der Waals surface area contributed by atoms with Gasteiger partial charge in [-0.05, 0) is 42.8 Å². The molecule has 0 aromatic heterocycles. The molecule has 0 bridgehead atoms. The maximum Gasteiger partial charge on any atom is 0.125 e. The summed E-state index contributed by atoms with van der Waals surface area (Å²) < 4.78 is 18.8. The van der Waals surface area contributed by atoms with Crippen molar-refractivity contribution in [1.29, 1.82) is 0 Å². The number of anilines is 1. The fourth-order valence-electron chi connectivity index (χ4n) is 2.06. The maximum absolute atomic E-state index is 13.3. The van der Waals surface area contributed by atoms with Crippen molar-refractivity contribution in [2.45, 2.75) is 13.0 Å². The summed E-state index contributed by atoms with van der Waals surface area (Å²) in [5.74, 6) is 0.432. The number of ether oxygens (including phenoxy) is 1. The van der Waals surface area contributed by atoms with Gasteiger partial charge in [-0.25, -0.2) is 4.39 Å². The average Bonchev–Trinajstić information content (AvgIpc) is 2.49. The van der Waals surface area contributed by atoms with Crippen molar-refractivity contribution in [3.8, 4) is 5.75 Å². The van der Waals surface area contributed by atoms with Gasteiger partial charge in [-0.3, -0.25) is 0 Å². The van der Waals surface area contributed by atoms with Gasteiger partial charge in [0.2, 0.25) is 0 Å². The van der Waals surface area contributed by atoms with Gasteiger partial charge in [0.05, 0.1) is 23.4 Å². The van der Waals surface area contributed by atoms with Crippen molar-refractivity contribution in [2.24, 2.45) is 5.73 Å². The lowest BCUT2D eigenvalue weighted by Crippen LogP contribution is -2.20. The molecule has 0 heterocycles. The Kier molecular flexibility index (Phi) is 5.42. The van der Waals surface area contributed by atoms with E-state index in [1.165, 1.54) is 18.2 Å². The van der Waals surface area contributed by atoms with Crippen molar-refractivity contribution in [2.75, 3.05) is 18.5 Å². The molecule has 112 valence electrons. The zero-order chi connectivity index (χ0) is 15.2. The van der Waals surface area contributed by atoms with E-state index in [4.69, 9.17) is 22.1 Å². The van der Waals surface area contributed by atoms with E-state index in [1.54, 1.807) is 0 Å². The van der Waals surface area contributed by atoms with Crippen LogP contribution in [0.4, 0.5) is 10.1 Å². The molecule has 0 fully saturated rings. The Hall–Kier alpha value is -1.78. The summed E-state index contributed by atoms with van der Waals surface area (Å²) in [5.41, 5.74) is 7.31.